The third-order valence-electron chi connectivity index (χ3n) is 10.7. The molecule has 0 aliphatic carbocycles. The predicted molar refractivity (Wildman–Crippen MR) is 187 cm³/mol. The van der Waals surface area contributed by atoms with Gasteiger partial charge in [-0.1, -0.05) is 72.8 Å². The summed E-state index contributed by atoms with van der Waals surface area (Å²) in [6, 6.07) is 43.0. The summed E-state index contributed by atoms with van der Waals surface area (Å²) in [6.07, 6.45) is 0. The van der Waals surface area contributed by atoms with Crippen LogP contribution in [0.3, 0.4) is 0 Å². The fourth-order valence-electron chi connectivity index (χ4n) is 9.30. The summed E-state index contributed by atoms with van der Waals surface area (Å²) < 4.78 is 0. The van der Waals surface area contributed by atoms with E-state index in [1.165, 1.54) is 61.2 Å². The van der Waals surface area contributed by atoms with Crippen LogP contribution < -0.4 is 30.5 Å². The van der Waals surface area contributed by atoms with Crippen molar-refractivity contribution in [3.63, 3.8) is 0 Å². The van der Waals surface area contributed by atoms with Crippen molar-refractivity contribution in [3.8, 4) is 0 Å². The molecular weight excluding hydrogens is 555 g/mol. The number of rotatable bonds is 2. The molecule has 0 bridgehead atoms. The van der Waals surface area contributed by atoms with Crippen molar-refractivity contribution < 1.29 is 0 Å². The molecule has 0 aromatic heterocycles. The van der Waals surface area contributed by atoms with E-state index in [0.29, 0.717) is 11.2 Å². The Morgan fingerprint density at radius 3 is 1.91 bits per heavy atom. The molecule has 44 heavy (non-hydrogen) atoms. The van der Waals surface area contributed by atoms with Crippen LogP contribution in [0.4, 0.5) is 39.8 Å². The van der Waals surface area contributed by atoms with Gasteiger partial charge in [-0.05, 0) is 86.6 Å². The molecule has 5 heterocycles. The van der Waals surface area contributed by atoms with Crippen molar-refractivity contribution in [3.05, 3.63) is 121 Å². The van der Waals surface area contributed by atoms with Crippen LogP contribution in [0, 0.1) is 0 Å². The molecule has 0 spiro atoms. The van der Waals surface area contributed by atoms with Crippen LogP contribution in [0.15, 0.2) is 120 Å². The average Bonchev–Trinajstić information content (AvgIpc) is 3.61. The van der Waals surface area contributed by atoms with Crippen LogP contribution in [0.25, 0.3) is 0 Å². The molecule has 5 aromatic carbocycles. The van der Waals surface area contributed by atoms with Gasteiger partial charge in [-0.15, -0.1) is 11.8 Å². The number of thioether (sulfide) groups is 1. The quantitative estimate of drug-likeness (QED) is 0.193. The number of nitrogens with zero attached hydrogens (tertiary/aromatic N) is 4. The molecule has 0 saturated heterocycles. The van der Waals surface area contributed by atoms with Gasteiger partial charge in [0.2, 0.25) is 6.71 Å². The predicted octanol–water partition coefficient (Wildman–Crippen LogP) is 8.10. The lowest BCUT2D eigenvalue weighted by atomic mass is 9.29. The van der Waals surface area contributed by atoms with E-state index in [1.807, 2.05) is 0 Å². The van der Waals surface area contributed by atoms with E-state index in [4.69, 9.17) is 0 Å². The van der Waals surface area contributed by atoms with E-state index in [-0.39, 0.29) is 18.0 Å². The second kappa shape index (κ2) is 8.25. The molecule has 0 radical (unpaired) electrons. The van der Waals surface area contributed by atoms with Crippen molar-refractivity contribution in [2.24, 2.45) is 0 Å². The van der Waals surface area contributed by atoms with Gasteiger partial charge >= 0.3 is 0 Å². The SMILES string of the molecule is CC1(C)N(c2ccccc2)c2cc3c4c5c2N1c1ccccc1B5C1c2ccccc2SC1N4C(C)(C)N3c1ccccc1. The van der Waals surface area contributed by atoms with Crippen molar-refractivity contribution in [2.45, 2.75) is 55.1 Å². The van der Waals surface area contributed by atoms with Crippen LogP contribution in [0.1, 0.15) is 39.1 Å². The van der Waals surface area contributed by atoms with Crippen LogP contribution in [-0.2, 0) is 0 Å². The van der Waals surface area contributed by atoms with Crippen molar-refractivity contribution >= 4 is 69.2 Å². The van der Waals surface area contributed by atoms with Gasteiger partial charge in [-0.2, -0.15) is 0 Å². The summed E-state index contributed by atoms with van der Waals surface area (Å²) in [5, 5.41) is 0.296. The Kier molecular flexibility index (Phi) is 4.70. The highest BCUT2D eigenvalue weighted by Gasteiger charge is 2.63. The molecule has 2 unspecified atom stereocenters. The first-order valence-corrected chi connectivity index (χ1v) is 16.6. The minimum absolute atomic E-state index is 0.265. The maximum absolute atomic E-state index is 2.79. The van der Waals surface area contributed by atoms with Gasteiger partial charge in [0.15, 0.2) is 0 Å². The molecule has 6 heteroatoms. The fraction of sp³-hybridized carbons (Fsp3) is 0.211. The highest BCUT2D eigenvalue weighted by Crippen LogP contribution is 2.65. The van der Waals surface area contributed by atoms with E-state index < -0.39 is 0 Å². The van der Waals surface area contributed by atoms with E-state index in [0.717, 1.165) is 0 Å². The zero-order chi connectivity index (χ0) is 29.5. The number of anilines is 7. The molecule has 5 aliphatic rings. The molecule has 0 amide bonds. The Morgan fingerprint density at radius 1 is 0.591 bits per heavy atom. The third kappa shape index (κ3) is 2.84. The number of benzene rings is 5. The minimum Gasteiger partial charge on any atom is -0.335 e. The van der Waals surface area contributed by atoms with Gasteiger partial charge < -0.3 is 19.6 Å². The monoisotopic (exact) mass is 588 g/mol. The second-order valence-corrected chi connectivity index (χ2v) is 14.8. The summed E-state index contributed by atoms with van der Waals surface area (Å²) in [6.45, 7) is 9.88. The van der Waals surface area contributed by atoms with Crippen LogP contribution in [0.2, 0.25) is 0 Å². The Labute approximate surface area is 264 Å². The molecule has 2 atom stereocenters. The summed E-state index contributed by atoms with van der Waals surface area (Å²) >= 11 is 2.07. The summed E-state index contributed by atoms with van der Waals surface area (Å²) in [5.41, 5.74) is 13.1. The number of para-hydroxylation sites is 3. The molecule has 10 rings (SSSR count). The first-order chi connectivity index (χ1) is 21.4. The molecule has 5 aliphatic heterocycles. The van der Waals surface area contributed by atoms with Crippen LogP contribution in [-0.4, -0.2) is 23.4 Å². The standard InChI is InChI=1S/C38H33BN4S/c1-37(2)40(24-15-7-5-8-16-24)29-23-30-35-33-34(29)42(37)28-21-13-12-20-27(28)39(33)32-26-19-11-14-22-31(26)44-36(32)43(35)38(3,4)41(30)25-17-9-6-10-18-25/h5-23,32,36H,1-4H3. The Hall–Kier alpha value is -4.29. The Morgan fingerprint density at radius 2 is 1.18 bits per heavy atom. The lowest BCUT2D eigenvalue weighted by molar-refractivity contribution is 0.475. The summed E-state index contributed by atoms with van der Waals surface area (Å²) in [4.78, 5) is 12.1. The Balaban J connectivity index is 1.36. The smallest absolute Gasteiger partial charge is 0.228 e. The maximum atomic E-state index is 2.79. The molecule has 0 saturated carbocycles. The molecular formula is C38H33BN4S. The highest BCUT2D eigenvalue weighted by molar-refractivity contribution is 8.00. The molecule has 4 nitrogen and oxygen atoms in total. The maximum Gasteiger partial charge on any atom is 0.228 e. The molecule has 0 N–H and O–H groups in total. The van der Waals surface area contributed by atoms with Crippen molar-refractivity contribution in [2.75, 3.05) is 19.6 Å². The normalized spacial score (nSPS) is 22.1. The van der Waals surface area contributed by atoms with Crippen molar-refractivity contribution in [1.29, 1.82) is 0 Å². The van der Waals surface area contributed by atoms with E-state index in [1.54, 1.807) is 0 Å². The summed E-state index contributed by atoms with van der Waals surface area (Å²) in [5.74, 6) is 0.343. The zero-order valence-corrected chi connectivity index (χ0v) is 26.2. The average molecular weight is 589 g/mol. The van der Waals surface area contributed by atoms with E-state index >= 15 is 0 Å². The first kappa shape index (κ1) is 25.1. The van der Waals surface area contributed by atoms with Crippen LogP contribution in [0.5, 0.6) is 0 Å². The highest BCUT2D eigenvalue weighted by atomic mass is 32.2. The number of fused-ring (bicyclic) bond motifs is 8. The lowest BCUT2D eigenvalue weighted by Gasteiger charge is -2.51. The largest absolute Gasteiger partial charge is 0.335 e. The van der Waals surface area contributed by atoms with Gasteiger partial charge in [-0.25, -0.2) is 0 Å². The van der Waals surface area contributed by atoms with Crippen molar-refractivity contribution in [1.82, 2.24) is 0 Å². The Bertz CT molecular complexity index is 2010. The van der Waals surface area contributed by atoms with Gasteiger partial charge in [0.25, 0.3) is 0 Å². The van der Waals surface area contributed by atoms with Gasteiger partial charge in [0.05, 0.1) is 28.1 Å². The third-order valence-corrected chi connectivity index (χ3v) is 12.1. The second-order valence-electron chi connectivity index (χ2n) is 13.7. The van der Waals surface area contributed by atoms with E-state index in [2.05, 4.69) is 174 Å². The van der Waals surface area contributed by atoms with Gasteiger partial charge in [0, 0.05) is 27.8 Å². The van der Waals surface area contributed by atoms with Gasteiger partial charge in [0.1, 0.15) is 11.3 Å². The lowest BCUT2D eigenvalue weighted by Crippen LogP contribution is -2.66. The molecule has 214 valence electrons. The van der Waals surface area contributed by atoms with E-state index in [9.17, 15) is 0 Å². The number of hydrogen-bond donors (Lipinski definition) is 0. The molecule has 0 fully saturated rings. The minimum atomic E-state index is -0.312. The fourth-order valence-corrected chi connectivity index (χ4v) is 11.0. The first-order valence-electron chi connectivity index (χ1n) is 15.7. The van der Waals surface area contributed by atoms with Crippen LogP contribution >= 0.6 is 11.8 Å². The summed E-state index contributed by atoms with van der Waals surface area (Å²) in [7, 11) is 0. The molecule has 5 aromatic rings. The zero-order valence-electron chi connectivity index (χ0n) is 25.4. The van der Waals surface area contributed by atoms with Gasteiger partial charge in [-0.3, -0.25) is 0 Å². The topological polar surface area (TPSA) is 13.0 Å². The number of hydrogen-bond acceptors (Lipinski definition) is 5.